The normalized spacial score (nSPS) is 16.9. The van der Waals surface area contributed by atoms with Crippen LogP contribution in [0.15, 0.2) is 40.3 Å². The average molecular weight is 260 g/mol. The molecule has 102 valence electrons. The number of benzene rings is 1. The number of nitrogens with zero attached hydrogens (tertiary/aromatic N) is 4. The summed E-state index contributed by atoms with van der Waals surface area (Å²) in [5, 5.41) is 0. The second-order valence-electron chi connectivity index (χ2n) is 4.55. The highest BCUT2D eigenvalue weighted by atomic mass is 16.5. The number of rotatable bonds is 2. The average Bonchev–Trinajstić information content (AvgIpc) is 2.45. The van der Waals surface area contributed by atoms with Crippen LogP contribution < -0.4 is 0 Å². The molecule has 1 aliphatic heterocycles. The molecule has 1 aliphatic rings. The predicted octanol–water partition coefficient (Wildman–Crippen LogP) is 1.60. The second kappa shape index (κ2) is 6.89. The number of morpholine rings is 1. The van der Waals surface area contributed by atoms with Gasteiger partial charge in [-0.2, -0.15) is 0 Å². The first-order chi connectivity index (χ1) is 9.25. The van der Waals surface area contributed by atoms with Gasteiger partial charge in [-0.15, -0.1) is 0 Å². The summed E-state index contributed by atoms with van der Waals surface area (Å²) in [6.45, 7) is 3.11. The van der Waals surface area contributed by atoms with E-state index in [-0.39, 0.29) is 0 Å². The molecule has 0 radical (unpaired) electrons. The SMILES string of the molecule is CN(C)/C=N/C(=Nc1ccccc1)N1CCOCC1. The Labute approximate surface area is 114 Å². The van der Waals surface area contributed by atoms with Gasteiger partial charge in [0.1, 0.15) is 0 Å². The molecule has 1 aromatic carbocycles. The smallest absolute Gasteiger partial charge is 0.227 e. The minimum Gasteiger partial charge on any atom is -0.378 e. The van der Waals surface area contributed by atoms with Crippen LogP contribution in [-0.2, 0) is 4.74 Å². The van der Waals surface area contributed by atoms with Crippen LogP contribution in [0.3, 0.4) is 0 Å². The minimum absolute atomic E-state index is 0.727. The zero-order chi connectivity index (χ0) is 13.5. The molecule has 0 N–H and O–H groups in total. The third-order valence-electron chi connectivity index (χ3n) is 2.68. The van der Waals surface area contributed by atoms with Crippen molar-refractivity contribution in [1.82, 2.24) is 9.80 Å². The highest BCUT2D eigenvalue weighted by Crippen LogP contribution is 2.12. The maximum Gasteiger partial charge on any atom is 0.227 e. The quantitative estimate of drug-likeness (QED) is 0.599. The molecule has 0 unspecified atom stereocenters. The maximum atomic E-state index is 5.37. The molecule has 19 heavy (non-hydrogen) atoms. The molecule has 5 heteroatoms. The maximum absolute atomic E-state index is 5.37. The Hall–Kier alpha value is -1.88. The minimum atomic E-state index is 0.727. The van der Waals surface area contributed by atoms with E-state index in [4.69, 9.17) is 4.74 Å². The number of ether oxygens (including phenoxy) is 1. The highest BCUT2D eigenvalue weighted by molar-refractivity contribution is 5.89. The lowest BCUT2D eigenvalue weighted by atomic mass is 10.3. The van der Waals surface area contributed by atoms with Crippen molar-refractivity contribution in [3.05, 3.63) is 30.3 Å². The fraction of sp³-hybridized carbons (Fsp3) is 0.429. The Morgan fingerprint density at radius 1 is 1.21 bits per heavy atom. The molecule has 2 rings (SSSR count). The van der Waals surface area contributed by atoms with Crippen LogP contribution in [0.2, 0.25) is 0 Å². The Bertz CT molecular complexity index is 436. The Balaban J connectivity index is 2.20. The van der Waals surface area contributed by atoms with Gasteiger partial charge in [0.2, 0.25) is 5.96 Å². The molecule has 0 spiro atoms. The van der Waals surface area contributed by atoms with Gasteiger partial charge in [0.15, 0.2) is 0 Å². The number of para-hydroxylation sites is 1. The fourth-order valence-electron chi connectivity index (χ4n) is 1.73. The first-order valence-electron chi connectivity index (χ1n) is 6.43. The summed E-state index contributed by atoms with van der Waals surface area (Å²) in [5.41, 5.74) is 0.917. The van der Waals surface area contributed by atoms with Crippen LogP contribution in [0.1, 0.15) is 0 Å². The van der Waals surface area contributed by atoms with E-state index in [0.717, 1.165) is 38.0 Å². The van der Waals surface area contributed by atoms with E-state index < -0.39 is 0 Å². The molecule has 5 nitrogen and oxygen atoms in total. The summed E-state index contributed by atoms with van der Waals surface area (Å²) in [5.74, 6) is 0.739. The molecule has 0 amide bonds. The van der Waals surface area contributed by atoms with E-state index in [1.807, 2.05) is 49.3 Å². The number of guanidine groups is 1. The van der Waals surface area contributed by atoms with Crippen molar-refractivity contribution in [2.75, 3.05) is 40.4 Å². The molecule has 0 aliphatic carbocycles. The second-order valence-corrected chi connectivity index (χ2v) is 4.55. The van der Waals surface area contributed by atoms with Gasteiger partial charge < -0.3 is 14.5 Å². The Morgan fingerprint density at radius 2 is 1.89 bits per heavy atom. The van der Waals surface area contributed by atoms with Crippen LogP contribution in [0.5, 0.6) is 0 Å². The van der Waals surface area contributed by atoms with Crippen LogP contribution in [-0.4, -0.2) is 62.5 Å². The van der Waals surface area contributed by atoms with Gasteiger partial charge in [-0.3, -0.25) is 0 Å². The zero-order valence-corrected chi connectivity index (χ0v) is 11.5. The zero-order valence-electron chi connectivity index (χ0n) is 11.5. The standard InChI is InChI=1S/C14H20N4O/c1-17(2)12-15-14(18-8-10-19-11-9-18)16-13-6-4-3-5-7-13/h3-7,12H,8-11H2,1-2H3/b15-12+,16-14?. The van der Waals surface area contributed by atoms with Crippen LogP contribution in [0.4, 0.5) is 5.69 Å². The first-order valence-corrected chi connectivity index (χ1v) is 6.43. The molecule has 1 fully saturated rings. The highest BCUT2D eigenvalue weighted by Gasteiger charge is 2.14. The van der Waals surface area contributed by atoms with Gasteiger partial charge >= 0.3 is 0 Å². The van der Waals surface area contributed by atoms with Gasteiger partial charge in [-0.1, -0.05) is 18.2 Å². The van der Waals surface area contributed by atoms with E-state index in [9.17, 15) is 0 Å². The van der Waals surface area contributed by atoms with E-state index in [1.165, 1.54) is 0 Å². The summed E-state index contributed by atoms with van der Waals surface area (Å²) < 4.78 is 5.37. The third kappa shape index (κ3) is 4.37. The molecule has 0 saturated carbocycles. The Morgan fingerprint density at radius 3 is 2.53 bits per heavy atom. The summed E-state index contributed by atoms with van der Waals surface area (Å²) in [4.78, 5) is 13.1. The molecule has 1 aromatic rings. The van der Waals surface area contributed by atoms with Gasteiger partial charge in [-0.25, -0.2) is 9.98 Å². The third-order valence-corrected chi connectivity index (χ3v) is 2.68. The van der Waals surface area contributed by atoms with Crippen molar-refractivity contribution in [1.29, 1.82) is 0 Å². The van der Waals surface area contributed by atoms with E-state index in [0.29, 0.717) is 0 Å². The van der Waals surface area contributed by atoms with Crippen LogP contribution in [0, 0.1) is 0 Å². The lowest BCUT2D eigenvalue weighted by Gasteiger charge is -2.27. The van der Waals surface area contributed by atoms with Gasteiger partial charge in [0.05, 0.1) is 25.2 Å². The molecular weight excluding hydrogens is 240 g/mol. The number of hydrogen-bond acceptors (Lipinski definition) is 2. The summed E-state index contributed by atoms with van der Waals surface area (Å²) in [6, 6.07) is 9.89. The van der Waals surface area contributed by atoms with Crippen molar-refractivity contribution >= 4 is 18.0 Å². The van der Waals surface area contributed by atoms with E-state index >= 15 is 0 Å². The fourth-order valence-corrected chi connectivity index (χ4v) is 1.73. The monoisotopic (exact) mass is 260 g/mol. The molecule has 0 bridgehead atoms. The first kappa shape index (κ1) is 13.5. The van der Waals surface area contributed by atoms with Crippen molar-refractivity contribution < 1.29 is 4.74 Å². The molecule has 0 aromatic heterocycles. The molecule has 1 saturated heterocycles. The number of aliphatic imine (C=N–C) groups is 2. The lowest BCUT2D eigenvalue weighted by Crippen LogP contribution is -2.40. The molecule has 0 atom stereocenters. The van der Waals surface area contributed by atoms with Gasteiger partial charge in [-0.05, 0) is 12.1 Å². The van der Waals surface area contributed by atoms with Crippen LogP contribution in [0.25, 0.3) is 0 Å². The van der Waals surface area contributed by atoms with Crippen molar-refractivity contribution in [2.24, 2.45) is 9.98 Å². The van der Waals surface area contributed by atoms with E-state index in [2.05, 4.69) is 14.9 Å². The van der Waals surface area contributed by atoms with Crippen molar-refractivity contribution in [2.45, 2.75) is 0 Å². The summed E-state index contributed by atoms with van der Waals surface area (Å²) in [6.07, 6.45) is 1.78. The predicted molar refractivity (Wildman–Crippen MR) is 78.1 cm³/mol. The Kier molecular flexibility index (Phi) is 4.92. The topological polar surface area (TPSA) is 40.4 Å². The molecular formula is C14H20N4O. The summed E-state index contributed by atoms with van der Waals surface area (Å²) >= 11 is 0. The van der Waals surface area contributed by atoms with Crippen molar-refractivity contribution in [3.8, 4) is 0 Å². The lowest BCUT2D eigenvalue weighted by molar-refractivity contribution is 0.0676. The van der Waals surface area contributed by atoms with E-state index in [1.54, 1.807) is 6.34 Å². The summed E-state index contributed by atoms with van der Waals surface area (Å²) in [7, 11) is 3.89. The molecule has 1 heterocycles. The number of hydrogen-bond donors (Lipinski definition) is 0. The van der Waals surface area contributed by atoms with Crippen LogP contribution >= 0.6 is 0 Å². The van der Waals surface area contributed by atoms with Gasteiger partial charge in [0.25, 0.3) is 0 Å². The van der Waals surface area contributed by atoms with Gasteiger partial charge in [0, 0.05) is 27.2 Å². The largest absolute Gasteiger partial charge is 0.378 e. The van der Waals surface area contributed by atoms with Crippen molar-refractivity contribution in [3.63, 3.8) is 0 Å².